The molecular formula is C23H21N3OS. The third-order valence-electron chi connectivity index (χ3n) is 4.34. The summed E-state index contributed by atoms with van der Waals surface area (Å²) in [6.45, 7) is 3.86. The molecule has 1 heterocycles. The van der Waals surface area contributed by atoms with Gasteiger partial charge in [-0.15, -0.1) is 0 Å². The fourth-order valence-corrected chi connectivity index (χ4v) is 3.76. The Morgan fingerprint density at radius 3 is 2.43 bits per heavy atom. The standard InChI is InChI=1S/C23H21N3OS/c1-3-20(27)25-23-21(18-12-8-5-9-13-18)26-22(28-23)19(15-24)14-16(2)17-10-6-4-7-11-17/h4-14,16H,3H2,1-2H3,(H,25,27)/b19-14-/t16-/m1/s1. The van der Waals surface area contributed by atoms with Crippen molar-refractivity contribution in [2.75, 3.05) is 5.32 Å². The molecule has 5 heteroatoms. The molecule has 1 N–H and O–H groups in total. The maximum Gasteiger partial charge on any atom is 0.224 e. The van der Waals surface area contributed by atoms with Crippen molar-refractivity contribution in [3.8, 4) is 17.3 Å². The van der Waals surface area contributed by atoms with Gasteiger partial charge in [-0.1, -0.05) is 91.9 Å². The average Bonchev–Trinajstić information content (AvgIpc) is 3.16. The lowest BCUT2D eigenvalue weighted by atomic mass is 9.99. The van der Waals surface area contributed by atoms with Gasteiger partial charge < -0.3 is 5.32 Å². The van der Waals surface area contributed by atoms with Crippen LogP contribution in [0.2, 0.25) is 0 Å². The molecule has 0 radical (unpaired) electrons. The van der Waals surface area contributed by atoms with Crippen molar-refractivity contribution in [3.05, 3.63) is 77.3 Å². The zero-order valence-corrected chi connectivity index (χ0v) is 16.7. The Morgan fingerprint density at radius 1 is 1.18 bits per heavy atom. The first-order valence-corrected chi connectivity index (χ1v) is 9.97. The van der Waals surface area contributed by atoms with Crippen LogP contribution in [0.15, 0.2) is 66.7 Å². The molecule has 1 atom stereocenters. The van der Waals surface area contributed by atoms with Crippen LogP contribution in [-0.4, -0.2) is 10.9 Å². The quantitative estimate of drug-likeness (QED) is 0.538. The molecule has 140 valence electrons. The first-order valence-electron chi connectivity index (χ1n) is 9.15. The van der Waals surface area contributed by atoms with Gasteiger partial charge in [-0.05, 0) is 5.56 Å². The zero-order chi connectivity index (χ0) is 19.9. The molecule has 3 rings (SSSR count). The summed E-state index contributed by atoms with van der Waals surface area (Å²) in [7, 11) is 0. The monoisotopic (exact) mass is 387 g/mol. The van der Waals surface area contributed by atoms with E-state index in [1.54, 1.807) is 0 Å². The highest BCUT2D eigenvalue weighted by Crippen LogP contribution is 2.36. The maximum absolute atomic E-state index is 12.0. The van der Waals surface area contributed by atoms with Gasteiger partial charge in [-0.25, -0.2) is 4.98 Å². The number of allylic oxidation sites excluding steroid dienone is 2. The minimum Gasteiger partial charge on any atom is -0.316 e. The Kier molecular flexibility index (Phi) is 6.36. The van der Waals surface area contributed by atoms with Crippen molar-refractivity contribution in [1.82, 2.24) is 4.98 Å². The van der Waals surface area contributed by atoms with Gasteiger partial charge in [-0.3, -0.25) is 4.79 Å². The van der Waals surface area contributed by atoms with Gasteiger partial charge >= 0.3 is 0 Å². The van der Waals surface area contributed by atoms with Crippen LogP contribution in [-0.2, 0) is 4.79 Å². The van der Waals surface area contributed by atoms with Gasteiger partial charge in [0.05, 0.1) is 5.57 Å². The largest absolute Gasteiger partial charge is 0.316 e. The van der Waals surface area contributed by atoms with Crippen LogP contribution in [0.4, 0.5) is 5.00 Å². The van der Waals surface area contributed by atoms with Crippen molar-refractivity contribution in [2.24, 2.45) is 0 Å². The number of amides is 1. The number of aromatic nitrogens is 1. The number of hydrogen-bond acceptors (Lipinski definition) is 4. The average molecular weight is 388 g/mol. The molecule has 2 aromatic carbocycles. The smallest absolute Gasteiger partial charge is 0.224 e. The van der Waals surface area contributed by atoms with Crippen LogP contribution < -0.4 is 5.32 Å². The molecule has 1 aromatic heterocycles. The third kappa shape index (κ3) is 4.54. The summed E-state index contributed by atoms with van der Waals surface area (Å²) in [6, 6.07) is 22.0. The third-order valence-corrected chi connectivity index (χ3v) is 5.35. The second-order valence-corrected chi connectivity index (χ2v) is 7.36. The number of rotatable bonds is 6. The van der Waals surface area contributed by atoms with E-state index in [-0.39, 0.29) is 11.8 Å². The Morgan fingerprint density at radius 2 is 1.82 bits per heavy atom. The highest BCUT2D eigenvalue weighted by atomic mass is 32.1. The summed E-state index contributed by atoms with van der Waals surface area (Å²) >= 11 is 1.33. The van der Waals surface area contributed by atoms with E-state index >= 15 is 0 Å². The number of carbonyl (C=O) groups excluding carboxylic acids is 1. The van der Waals surface area contributed by atoms with Crippen LogP contribution in [0.3, 0.4) is 0 Å². The molecule has 4 nitrogen and oxygen atoms in total. The molecule has 0 saturated carbocycles. The number of thiazole rings is 1. The van der Waals surface area contributed by atoms with E-state index in [0.29, 0.717) is 27.7 Å². The number of nitriles is 1. The Labute approximate surface area is 169 Å². The molecule has 0 fully saturated rings. The van der Waals surface area contributed by atoms with Crippen molar-refractivity contribution in [1.29, 1.82) is 5.26 Å². The van der Waals surface area contributed by atoms with Crippen LogP contribution in [0.5, 0.6) is 0 Å². The van der Waals surface area contributed by atoms with E-state index in [9.17, 15) is 10.1 Å². The summed E-state index contributed by atoms with van der Waals surface area (Å²) in [6.07, 6.45) is 2.31. The molecule has 0 aliphatic carbocycles. The Bertz CT molecular complexity index is 1020. The predicted octanol–water partition coefficient (Wildman–Crippen LogP) is 5.87. The Hall–Kier alpha value is -3.23. The molecule has 1 amide bonds. The van der Waals surface area contributed by atoms with E-state index in [0.717, 1.165) is 11.1 Å². The summed E-state index contributed by atoms with van der Waals surface area (Å²) in [4.78, 5) is 16.7. The summed E-state index contributed by atoms with van der Waals surface area (Å²) < 4.78 is 0. The lowest BCUT2D eigenvalue weighted by Gasteiger charge is -2.06. The molecular weight excluding hydrogens is 366 g/mol. The van der Waals surface area contributed by atoms with Crippen LogP contribution in [0.1, 0.15) is 36.8 Å². The number of nitrogens with zero attached hydrogens (tertiary/aromatic N) is 2. The fourth-order valence-electron chi connectivity index (χ4n) is 2.79. The summed E-state index contributed by atoms with van der Waals surface area (Å²) in [5.41, 5.74) is 3.24. The first kappa shape index (κ1) is 19.5. The van der Waals surface area contributed by atoms with Crippen LogP contribution in [0, 0.1) is 11.3 Å². The zero-order valence-electron chi connectivity index (χ0n) is 15.8. The van der Waals surface area contributed by atoms with Crippen molar-refractivity contribution in [2.45, 2.75) is 26.2 Å². The van der Waals surface area contributed by atoms with E-state index in [1.165, 1.54) is 11.3 Å². The minimum atomic E-state index is -0.0764. The van der Waals surface area contributed by atoms with E-state index in [1.807, 2.05) is 73.7 Å². The Balaban J connectivity index is 2.01. The highest BCUT2D eigenvalue weighted by molar-refractivity contribution is 7.17. The van der Waals surface area contributed by atoms with Crippen LogP contribution in [0.25, 0.3) is 16.8 Å². The second kappa shape index (κ2) is 9.12. The predicted molar refractivity (Wildman–Crippen MR) is 115 cm³/mol. The molecule has 0 aliphatic rings. The number of nitrogens with one attached hydrogen (secondary N) is 1. The number of carbonyl (C=O) groups is 1. The van der Waals surface area contributed by atoms with Gasteiger partial charge in [0.15, 0.2) is 0 Å². The van der Waals surface area contributed by atoms with Crippen molar-refractivity contribution < 1.29 is 4.79 Å². The SMILES string of the molecule is CCC(=O)Nc1sc(/C(C#N)=C\[C@@H](C)c2ccccc2)nc1-c1ccccc1. The van der Waals surface area contributed by atoms with Gasteiger partial charge in [0.25, 0.3) is 0 Å². The highest BCUT2D eigenvalue weighted by Gasteiger charge is 2.18. The topological polar surface area (TPSA) is 65.8 Å². The lowest BCUT2D eigenvalue weighted by Crippen LogP contribution is -2.08. The van der Waals surface area contributed by atoms with E-state index in [2.05, 4.69) is 18.3 Å². The number of anilines is 1. The van der Waals surface area contributed by atoms with Gasteiger partial charge in [0, 0.05) is 17.9 Å². The summed E-state index contributed by atoms with van der Waals surface area (Å²) in [5, 5.41) is 13.9. The molecule has 0 aliphatic heterocycles. The van der Waals surface area contributed by atoms with E-state index < -0.39 is 0 Å². The van der Waals surface area contributed by atoms with Crippen molar-refractivity contribution >= 4 is 27.8 Å². The van der Waals surface area contributed by atoms with Crippen LogP contribution >= 0.6 is 11.3 Å². The van der Waals surface area contributed by atoms with Gasteiger partial charge in [0.1, 0.15) is 21.8 Å². The lowest BCUT2D eigenvalue weighted by molar-refractivity contribution is -0.115. The molecule has 0 saturated heterocycles. The molecule has 28 heavy (non-hydrogen) atoms. The number of benzene rings is 2. The fraction of sp³-hybridized carbons (Fsp3) is 0.174. The minimum absolute atomic E-state index is 0.0764. The molecule has 0 spiro atoms. The second-order valence-electron chi connectivity index (χ2n) is 6.36. The summed E-state index contributed by atoms with van der Waals surface area (Å²) in [5.74, 6) is 0.00105. The molecule has 0 unspecified atom stereocenters. The number of hydrogen-bond donors (Lipinski definition) is 1. The maximum atomic E-state index is 12.0. The van der Waals surface area contributed by atoms with E-state index in [4.69, 9.17) is 4.98 Å². The first-order chi connectivity index (χ1) is 13.6. The normalized spacial score (nSPS) is 12.2. The molecule has 0 bridgehead atoms. The van der Waals surface area contributed by atoms with Crippen molar-refractivity contribution in [3.63, 3.8) is 0 Å². The van der Waals surface area contributed by atoms with Gasteiger partial charge in [-0.2, -0.15) is 5.26 Å². The van der Waals surface area contributed by atoms with Gasteiger partial charge in [0.2, 0.25) is 5.91 Å². The molecule has 3 aromatic rings.